The van der Waals surface area contributed by atoms with Gasteiger partial charge in [-0.25, -0.2) is 0 Å². The van der Waals surface area contributed by atoms with Gasteiger partial charge in [-0.15, -0.1) is 21.8 Å². The fourth-order valence-corrected chi connectivity index (χ4v) is 2.69. The zero-order valence-corrected chi connectivity index (χ0v) is 9.52. The Balaban J connectivity index is 1.79. The van der Waals surface area contributed by atoms with E-state index in [1.165, 1.54) is 30.6 Å². The van der Waals surface area contributed by atoms with Crippen molar-refractivity contribution in [3.63, 3.8) is 0 Å². The number of hydrogen-bond donors (Lipinski definition) is 1. The minimum Gasteiger partial charge on any atom is -0.360 e. The van der Waals surface area contributed by atoms with E-state index >= 15 is 0 Å². The van der Waals surface area contributed by atoms with Gasteiger partial charge in [-0.3, -0.25) is 0 Å². The first-order valence-corrected chi connectivity index (χ1v) is 6.32. The Hall–Kier alpha value is -0.350. The van der Waals surface area contributed by atoms with Crippen LogP contribution >= 0.6 is 22.9 Å². The standard InChI is InChI=1S/C9H14ClN3S/c10-8-4-2-1-3-7(8)5-11-9-13-12-6-14-9/h6-8H,1-5H2,(H,11,13). The van der Waals surface area contributed by atoms with Crippen LogP contribution in [0.4, 0.5) is 5.13 Å². The monoisotopic (exact) mass is 231 g/mol. The van der Waals surface area contributed by atoms with E-state index < -0.39 is 0 Å². The van der Waals surface area contributed by atoms with Crippen LogP contribution in [0.2, 0.25) is 0 Å². The molecule has 78 valence electrons. The molecule has 2 unspecified atom stereocenters. The van der Waals surface area contributed by atoms with Gasteiger partial charge in [0.05, 0.1) is 0 Å². The zero-order chi connectivity index (χ0) is 9.80. The fraction of sp³-hybridized carbons (Fsp3) is 0.778. The molecule has 1 aromatic heterocycles. The summed E-state index contributed by atoms with van der Waals surface area (Å²) in [6.45, 7) is 0.934. The summed E-state index contributed by atoms with van der Waals surface area (Å²) in [6, 6.07) is 0. The topological polar surface area (TPSA) is 37.8 Å². The summed E-state index contributed by atoms with van der Waals surface area (Å²) in [4.78, 5) is 0. The van der Waals surface area contributed by atoms with Gasteiger partial charge < -0.3 is 5.32 Å². The third kappa shape index (κ3) is 2.58. The highest BCUT2D eigenvalue weighted by Crippen LogP contribution is 2.28. The number of rotatable bonds is 3. The highest BCUT2D eigenvalue weighted by Gasteiger charge is 2.22. The van der Waals surface area contributed by atoms with E-state index in [4.69, 9.17) is 11.6 Å². The smallest absolute Gasteiger partial charge is 0.205 e. The second kappa shape index (κ2) is 4.94. The van der Waals surface area contributed by atoms with Gasteiger partial charge >= 0.3 is 0 Å². The number of hydrogen-bond acceptors (Lipinski definition) is 4. The minimum atomic E-state index is 0.337. The highest BCUT2D eigenvalue weighted by atomic mass is 35.5. The Morgan fingerprint density at radius 3 is 3.07 bits per heavy atom. The van der Waals surface area contributed by atoms with Crippen LogP contribution in [0.5, 0.6) is 0 Å². The molecule has 14 heavy (non-hydrogen) atoms. The molecule has 1 heterocycles. The lowest BCUT2D eigenvalue weighted by molar-refractivity contribution is 0.380. The van der Waals surface area contributed by atoms with Crippen molar-refractivity contribution in [1.29, 1.82) is 0 Å². The second-order valence-electron chi connectivity index (χ2n) is 3.69. The van der Waals surface area contributed by atoms with Crippen molar-refractivity contribution < 1.29 is 0 Å². The Labute approximate surface area is 92.9 Å². The molecule has 1 saturated carbocycles. The van der Waals surface area contributed by atoms with Gasteiger partial charge in [-0.1, -0.05) is 24.2 Å². The van der Waals surface area contributed by atoms with Gasteiger partial charge in [0.15, 0.2) is 0 Å². The second-order valence-corrected chi connectivity index (χ2v) is 5.08. The normalized spacial score (nSPS) is 27.5. The Bertz CT molecular complexity index is 265. The molecule has 3 nitrogen and oxygen atoms in total. The molecule has 0 bridgehead atoms. The first-order chi connectivity index (χ1) is 6.86. The van der Waals surface area contributed by atoms with Crippen LogP contribution in [0, 0.1) is 5.92 Å². The molecular weight excluding hydrogens is 218 g/mol. The SMILES string of the molecule is ClC1CCCCC1CNc1nncs1. The van der Waals surface area contributed by atoms with E-state index in [1.54, 1.807) is 5.51 Å². The van der Waals surface area contributed by atoms with Gasteiger partial charge in [0.25, 0.3) is 0 Å². The molecular formula is C9H14ClN3S. The Morgan fingerprint density at radius 2 is 2.36 bits per heavy atom. The zero-order valence-electron chi connectivity index (χ0n) is 7.95. The number of nitrogens with zero attached hydrogens (tertiary/aromatic N) is 2. The van der Waals surface area contributed by atoms with Crippen LogP contribution in [-0.2, 0) is 0 Å². The lowest BCUT2D eigenvalue weighted by Gasteiger charge is -2.26. The number of halogens is 1. The Kier molecular flexibility index (Phi) is 3.59. The lowest BCUT2D eigenvalue weighted by atomic mass is 9.89. The molecule has 0 radical (unpaired) electrons. The summed E-state index contributed by atoms with van der Waals surface area (Å²) in [5, 5.41) is 12.2. The molecule has 1 aliphatic rings. The molecule has 0 aliphatic heterocycles. The molecule has 1 aromatic rings. The van der Waals surface area contributed by atoms with Crippen LogP contribution in [0.1, 0.15) is 25.7 Å². The van der Waals surface area contributed by atoms with Gasteiger partial charge in [0.2, 0.25) is 5.13 Å². The van der Waals surface area contributed by atoms with Crippen LogP contribution in [0.25, 0.3) is 0 Å². The van der Waals surface area contributed by atoms with Crippen molar-refractivity contribution in [3.8, 4) is 0 Å². The maximum atomic E-state index is 6.25. The van der Waals surface area contributed by atoms with E-state index in [9.17, 15) is 0 Å². The van der Waals surface area contributed by atoms with Crippen LogP contribution in [-0.4, -0.2) is 22.1 Å². The van der Waals surface area contributed by atoms with Crippen molar-refractivity contribution in [2.45, 2.75) is 31.1 Å². The molecule has 0 saturated heterocycles. The highest BCUT2D eigenvalue weighted by molar-refractivity contribution is 7.13. The molecule has 2 rings (SSSR count). The first-order valence-electron chi connectivity index (χ1n) is 5.00. The molecule has 0 amide bonds. The minimum absolute atomic E-state index is 0.337. The largest absolute Gasteiger partial charge is 0.360 e. The fourth-order valence-electron chi connectivity index (χ4n) is 1.86. The third-order valence-electron chi connectivity index (χ3n) is 2.69. The van der Waals surface area contributed by atoms with Gasteiger partial charge in [-0.05, 0) is 18.8 Å². The molecule has 2 atom stereocenters. The van der Waals surface area contributed by atoms with Crippen molar-refractivity contribution in [2.24, 2.45) is 5.92 Å². The Morgan fingerprint density at radius 1 is 1.50 bits per heavy atom. The molecule has 1 N–H and O–H groups in total. The molecule has 1 fully saturated rings. The van der Waals surface area contributed by atoms with Crippen molar-refractivity contribution >= 4 is 28.1 Å². The average molecular weight is 232 g/mol. The number of aromatic nitrogens is 2. The van der Waals surface area contributed by atoms with E-state index in [2.05, 4.69) is 15.5 Å². The first kappa shape index (κ1) is 10.2. The average Bonchev–Trinajstić information content (AvgIpc) is 2.69. The van der Waals surface area contributed by atoms with Gasteiger partial charge in [0.1, 0.15) is 5.51 Å². The summed E-state index contributed by atoms with van der Waals surface area (Å²) < 4.78 is 0. The third-order valence-corrected chi connectivity index (χ3v) is 3.92. The molecule has 0 spiro atoms. The predicted octanol–water partition coefficient (Wildman–Crippen LogP) is 2.75. The molecule has 5 heteroatoms. The van der Waals surface area contributed by atoms with E-state index in [0.717, 1.165) is 18.1 Å². The van der Waals surface area contributed by atoms with Crippen molar-refractivity contribution in [1.82, 2.24) is 10.2 Å². The molecule has 1 aliphatic carbocycles. The number of nitrogens with one attached hydrogen (secondary N) is 1. The van der Waals surface area contributed by atoms with Crippen LogP contribution < -0.4 is 5.32 Å². The van der Waals surface area contributed by atoms with Crippen LogP contribution in [0.15, 0.2) is 5.51 Å². The summed E-state index contributed by atoms with van der Waals surface area (Å²) in [7, 11) is 0. The predicted molar refractivity (Wildman–Crippen MR) is 60.0 cm³/mol. The maximum Gasteiger partial charge on any atom is 0.205 e. The van der Waals surface area contributed by atoms with E-state index in [-0.39, 0.29) is 0 Å². The van der Waals surface area contributed by atoms with Crippen LogP contribution in [0.3, 0.4) is 0 Å². The van der Waals surface area contributed by atoms with Gasteiger partial charge in [0, 0.05) is 11.9 Å². The number of alkyl halides is 1. The molecule has 0 aromatic carbocycles. The lowest BCUT2D eigenvalue weighted by Crippen LogP contribution is -2.26. The quantitative estimate of drug-likeness (QED) is 0.813. The van der Waals surface area contributed by atoms with Crippen molar-refractivity contribution in [2.75, 3.05) is 11.9 Å². The summed E-state index contributed by atoms with van der Waals surface area (Å²) >= 11 is 7.79. The summed E-state index contributed by atoms with van der Waals surface area (Å²) in [5.41, 5.74) is 1.74. The summed E-state index contributed by atoms with van der Waals surface area (Å²) in [5.74, 6) is 0.592. The number of anilines is 1. The van der Waals surface area contributed by atoms with E-state index in [0.29, 0.717) is 11.3 Å². The summed E-state index contributed by atoms with van der Waals surface area (Å²) in [6.07, 6.45) is 4.99. The van der Waals surface area contributed by atoms with E-state index in [1.807, 2.05) is 0 Å². The maximum absolute atomic E-state index is 6.25. The van der Waals surface area contributed by atoms with Crippen molar-refractivity contribution in [3.05, 3.63) is 5.51 Å². The van der Waals surface area contributed by atoms with Gasteiger partial charge in [-0.2, -0.15) is 0 Å².